The van der Waals surface area contributed by atoms with Gasteiger partial charge in [0, 0.05) is 6.42 Å². The zero-order valence-corrected chi connectivity index (χ0v) is 12.0. The normalized spacial score (nSPS) is 12.4. The maximum atomic E-state index is 12.1. The maximum Gasteiger partial charge on any atom is 0.241 e. The Bertz CT molecular complexity index is 606. The van der Waals surface area contributed by atoms with Crippen LogP contribution in [0.3, 0.4) is 0 Å². The highest BCUT2D eigenvalue weighted by Crippen LogP contribution is 2.11. The number of aryl methyl sites for hydroxylation is 1. The first-order chi connectivity index (χ1) is 8.86. The monoisotopic (exact) mass is 279 g/mol. The summed E-state index contributed by atoms with van der Waals surface area (Å²) >= 11 is 0. The third kappa shape index (κ3) is 4.51. The Labute approximate surface area is 114 Å². The van der Waals surface area contributed by atoms with Gasteiger partial charge in [-0.05, 0) is 32.9 Å². The van der Waals surface area contributed by atoms with E-state index in [1.54, 1.807) is 19.1 Å². The molecule has 19 heavy (non-hydrogen) atoms. The molecule has 1 aromatic carbocycles. The van der Waals surface area contributed by atoms with Crippen molar-refractivity contribution in [2.45, 2.75) is 38.1 Å². The van der Waals surface area contributed by atoms with Crippen LogP contribution < -0.4 is 4.72 Å². The minimum Gasteiger partial charge on any atom is -0.298 e. The molecule has 102 valence electrons. The van der Waals surface area contributed by atoms with Crippen LogP contribution in [0.5, 0.6) is 0 Å². The minimum atomic E-state index is -3.69. The van der Waals surface area contributed by atoms with E-state index in [0.717, 1.165) is 5.56 Å². The molecular formula is C14H17NO3S. The highest BCUT2D eigenvalue weighted by atomic mass is 32.2. The first kappa shape index (κ1) is 15.4. The van der Waals surface area contributed by atoms with E-state index in [9.17, 15) is 13.2 Å². The summed E-state index contributed by atoms with van der Waals surface area (Å²) in [6.45, 7) is 4.87. The second-order valence-electron chi connectivity index (χ2n) is 4.23. The highest BCUT2D eigenvalue weighted by Gasteiger charge is 2.22. The Morgan fingerprint density at radius 3 is 2.37 bits per heavy atom. The fourth-order valence-corrected chi connectivity index (χ4v) is 2.70. The molecule has 4 nitrogen and oxygen atoms in total. The van der Waals surface area contributed by atoms with Crippen molar-refractivity contribution in [2.75, 3.05) is 0 Å². The summed E-state index contributed by atoms with van der Waals surface area (Å²) in [5.74, 6) is 5.11. The molecule has 0 radical (unpaired) electrons. The number of carbonyl (C=O) groups is 1. The quantitative estimate of drug-likeness (QED) is 0.833. The molecule has 0 aliphatic rings. The van der Waals surface area contributed by atoms with Gasteiger partial charge in [0.15, 0.2) is 0 Å². The Morgan fingerprint density at radius 2 is 1.89 bits per heavy atom. The molecule has 0 amide bonds. The SMILES string of the molecule is CC#CCC(NS(=O)(=O)c1ccc(C)cc1)C(C)=O. The lowest BCUT2D eigenvalue weighted by atomic mass is 10.1. The second kappa shape index (κ2) is 6.50. The lowest BCUT2D eigenvalue weighted by Crippen LogP contribution is -2.39. The van der Waals surface area contributed by atoms with Crippen molar-refractivity contribution >= 4 is 15.8 Å². The van der Waals surface area contributed by atoms with Crippen LogP contribution in [0.25, 0.3) is 0 Å². The van der Waals surface area contributed by atoms with Gasteiger partial charge in [-0.1, -0.05) is 17.7 Å². The Hall–Kier alpha value is -1.64. The summed E-state index contributed by atoms with van der Waals surface area (Å²) < 4.78 is 26.6. The van der Waals surface area contributed by atoms with Crippen LogP contribution in [-0.4, -0.2) is 20.2 Å². The molecule has 0 fully saturated rings. The lowest BCUT2D eigenvalue weighted by molar-refractivity contribution is -0.118. The predicted molar refractivity (Wildman–Crippen MR) is 74.0 cm³/mol. The van der Waals surface area contributed by atoms with Crippen molar-refractivity contribution in [1.82, 2.24) is 4.72 Å². The highest BCUT2D eigenvalue weighted by molar-refractivity contribution is 7.89. The lowest BCUT2D eigenvalue weighted by Gasteiger charge is -2.13. The zero-order chi connectivity index (χ0) is 14.5. The molecule has 0 spiro atoms. The molecule has 0 heterocycles. The van der Waals surface area contributed by atoms with Gasteiger partial charge in [0.1, 0.15) is 5.78 Å². The van der Waals surface area contributed by atoms with Gasteiger partial charge in [0.25, 0.3) is 0 Å². The molecule has 0 aliphatic carbocycles. The molecule has 0 aliphatic heterocycles. The smallest absolute Gasteiger partial charge is 0.241 e. The van der Waals surface area contributed by atoms with Crippen LogP contribution in [0, 0.1) is 18.8 Å². The number of ketones is 1. The van der Waals surface area contributed by atoms with Gasteiger partial charge in [-0.3, -0.25) is 4.79 Å². The second-order valence-corrected chi connectivity index (χ2v) is 5.94. The van der Waals surface area contributed by atoms with Gasteiger partial charge >= 0.3 is 0 Å². The Kier molecular flexibility index (Phi) is 5.28. The maximum absolute atomic E-state index is 12.1. The summed E-state index contributed by atoms with van der Waals surface area (Å²) in [6.07, 6.45) is 0.178. The summed E-state index contributed by atoms with van der Waals surface area (Å²) in [4.78, 5) is 11.6. The summed E-state index contributed by atoms with van der Waals surface area (Å²) in [7, 11) is -3.69. The van der Waals surface area contributed by atoms with Crippen molar-refractivity contribution in [1.29, 1.82) is 0 Å². The van der Waals surface area contributed by atoms with Gasteiger partial charge in [0.05, 0.1) is 10.9 Å². The zero-order valence-electron chi connectivity index (χ0n) is 11.2. The fourth-order valence-electron chi connectivity index (χ4n) is 1.45. The van der Waals surface area contributed by atoms with E-state index < -0.39 is 16.1 Å². The summed E-state index contributed by atoms with van der Waals surface area (Å²) in [5.41, 5.74) is 0.971. The Morgan fingerprint density at radius 1 is 1.32 bits per heavy atom. The number of hydrogen-bond acceptors (Lipinski definition) is 3. The number of sulfonamides is 1. The molecule has 1 aromatic rings. The van der Waals surface area contributed by atoms with Gasteiger partial charge in [-0.25, -0.2) is 8.42 Å². The van der Waals surface area contributed by atoms with Gasteiger partial charge in [0.2, 0.25) is 10.0 Å². The average molecular weight is 279 g/mol. The van der Waals surface area contributed by atoms with E-state index >= 15 is 0 Å². The number of benzene rings is 1. The van der Waals surface area contributed by atoms with Crippen molar-refractivity contribution in [3.8, 4) is 11.8 Å². The average Bonchev–Trinajstić information content (AvgIpc) is 2.34. The largest absolute Gasteiger partial charge is 0.298 e. The number of Topliss-reactive ketones (excluding diaryl/α,β-unsaturated/α-hetero) is 1. The molecule has 1 unspecified atom stereocenters. The van der Waals surface area contributed by atoms with Crippen molar-refractivity contribution in [3.05, 3.63) is 29.8 Å². The molecule has 5 heteroatoms. The first-order valence-corrected chi connectivity index (χ1v) is 7.34. The molecular weight excluding hydrogens is 262 g/mol. The molecule has 0 saturated heterocycles. The number of nitrogens with one attached hydrogen (secondary N) is 1. The van der Waals surface area contributed by atoms with Crippen LogP contribution in [0.2, 0.25) is 0 Å². The van der Waals surface area contributed by atoms with E-state index in [-0.39, 0.29) is 17.1 Å². The van der Waals surface area contributed by atoms with E-state index in [1.807, 2.05) is 6.92 Å². The molecule has 0 bridgehead atoms. The topological polar surface area (TPSA) is 63.2 Å². The van der Waals surface area contributed by atoms with Crippen LogP contribution in [0.1, 0.15) is 25.8 Å². The molecule has 1 N–H and O–H groups in total. The van der Waals surface area contributed by atoms with Crippen molar-refractivity contribution < 1.29 is 13.2 Å². The summed E-state index contributed by atoms with van der Waals surface area (Å²) in [6, 6.07) is 5.64. The van der Waals surface area contributed by atoms with E-state index in [2.05, 4.69) is 16.6 Å². The molecule has 0 saturated carbocycles. The summed E-state index contributed by atoms with van der Waals surface area (Å²) in [5, 5.41) is 0. The number of rotatable bonds is 5. The molecule has 1 atom stereocenters. The number of carbonyl (C=O) groups excluding carboxylic acids is 1. The predicted octanol–water partition coefficient (Wildman–Crippen LogP) is 1.64. The molecule has 1 rings (SSSR count). The van der Waals surface area contributed by atoms with Gasteiger partial charge in [-0.15, -0.1) is 11.8 Å². The molecule has 0 aromatic heterocycles. The van der Waals surface area contributed by atoms with Gasteiger partial charge in [-0.2, -0.15) is 4.72 Å². The van der Waals surface area contributed by atoms with Crippen LogP contribution >= 0.6 is 0 Å². The number of hydrogen-bond donors (Lipinski definition) is 1. The first-order valence-electron chi connectivity index (χ1n) is 5.86. The van der Waals surface area contributed by atoms with Crippen LogP contribution in [-0.2, 0) is 14.8 Å². The fraction of sp³-hybridized carbons (Fsp3) is 0.357. The standard InChI is InChI=1S/C14H17NO3S/c1-4-5-6-14(12(3)16)15-19(17,18)13-9-7-11(2)8-10-13/h7-10,14-15H,6H2,1-3H3. The van der Waals surface area contributed by atoms with E-state index in [1.165, 1.54) is 19.1 Å². The van der Waals surface area contributed by atoms with E-state index in [4.69, 9.17) is 0 Å². The third-order valence-corrected chi connectivity index (χ3v) is 4.09. The van der Waals surface area contributed by atoms with E-state index in [0.29, 0.717) is 0 Å². The minimum absolute atomic E-state index is 0.147. The van der Waals surface area contributed by atoms with Crippen molar-refractivity contribution in [2.24, 2.45) is 0 Å². The van der Waals surface area contributed by atoms with Gasteiger partial charge < -0.3 is 0 Å². The van der Waals surface area contributed by atoms with Crippen LogP contribution in [0.15, 0.2) is 29.2 Å². The Balaban J connectivity index is 2.95. The van der Waals surface area contributed by atoms with Crippen molar-refractivity contribution in [3.63, 3.8) is 0 Å². The van der Waals surface area contributed by atoms with Crippen LogP contribution in [0.4, 0.5) is 0 Å². The third-order valence-electron chi connectivity index (χ3n) is 2.60.